The minimum atomic E-state index is -4.65. The molecule has 3 N–H and O–H groups in total. The maximum Gasteiger partial charge on any atom is 0.472 e. The van der Waals surface area contributed by atoms with E-state index in [0.717, 1.165) is 57.8 Å². The quantitative estimate of drug-likeness (QED) is 0.0180. The van der Waals surface area contributed by atoms with Crippen molar-refractivity contribution in [3.05, 3.63) is 72.9 Å². The molecule has 0 saturated carbocycles. The van der Waals surface area contributed by atoms with Crippen molar-refractivity contribution >= 4 is 19.8 Å². The van der Waals surface area contributed by atoms with Crippen LogP contribution in [0.25, 0.3) is 0 Å². The first kappa shape index (κ1) is 51.4. The zero-order valence-corrected chi connectivity index (χ0v) is 35.2. The molecule has 1 saturated heterocycles. The van der Waals surface area contributed by atoms with Crippen LogP contribution in [0.15, 0.2) is 72.9 Å². The lowest BCUT2D eigenvalue weighted by Gasteiger charge is -2.20. The van der Waals surface area contributed by atoms with Gasteiger partial charge in [-0.15, -0.1) is 0 Å². The van der Waals surface area contributed by atoms with Crippen molar-refractivity contribution < 1.29 is 52.5 Å². The van der Waals surface area contributed by atoms with Crippen molar-refractivity contribution in [2.45, 2.75) is 167 Å². The Morgan fingerprint density at radius 2 is 1.09 bits per heavy atom. The van der Waals surface area contributed by atoms with Gasteiger partial charge in [0, 0.05) is 12.8 Å². The molecule has 11 nitrogen and oxygen atoms in total. The second-order valence-electron chi connectivity index (χ2n) is 14.0. The van der Waals surface area contributed by atoms with Gasteiger partial charge in [-0.2, -0.15) is 0 Å². The largest absolute Gasteiger partial charge is 0.472 e. The molecule has 0 aromatic rings. The fourth-order valence-electron chi connectivity index (χ4n) is 5.33. The van der Waals surface area contributed by atoms with Gasteiger partial charge in [0.2, 0.25) is 0 Å². The van der Waals surface area contributed by atoms with Crippen LogP contribution in [0, 0.1) is 0 Å². The zero-order valence-electron chi connectivity index (χ0n) is 34.3. The monoisotopic (exact) mass is 808 g/mol. The first-order valence-electron chi connectivity index (χ1n) is 21.0. The van der Waals surface area contributed by atoms with E-state index in [-0.39, 0.29) is 31.7 Å². The van der Waals surface area contributed by atoms with Crippen molar-refractivity contribution in [3.8, 4) is 0 Å². The number of phosphoric ester groups is 1. The molecule has 5 atom stereocenters. The predicted octanol–water partition coefficient (Wildman–Crippen LogP) is 9.87. The van der Waals surface area contributed by atoms with E-state index in [1.165, 1.54) is 38.5 Å². The van der Waals surface area contributed by atoms with Crippen molar-refractivity contribution in [2.75, 3.05) is 26.4 Å². The van der Waals surface area contributed by atoms with E-state index >= 15 is 0 Å². The van der Waals surface area contributed by atoms with Gasteiger partial charge in [-0.25, -0.2) is 4.57 Å². The molecule has 0 bridgehead atoms. The van der Waals surface area contributed by atoms with Gasteiger partial charge in [0.25, 0.3) is 0 Å². The molecule has 0 aromatic heterocycles. The fraction of sp³-hybridized carbons (Fsp3) is 0.682. The van der Waals surface area contributed by atoms with Crippen LogP contribution in [0.3, 0.4) is 0 Å². The minimum absolute atomic E-state index is 0.0879. The van der Waals surface area contributed by atoms with Gasteiger partial charge < -0.3 is 29.3 Å². The molecule has 0 spiro atoms. The van der Waals surface area contributed by atoms with Gasteiger partial charge >= 0.3 is 19.8 Å². The summed E-state index contributed by atoms with van der Waals surface area (Å²) in [4.78, 5) is 35.0. The van der Waals surface area contributed by atoms with Crippen LogP contribution in [0.5, 0.6) is 0 Å². The number of hydrogen-bond donors (Lipinski definition) is 3. The predicted molar refractivity (Wildman–Crippen MR) is 223 cm³/mol. The molecule has 1 rings (SSSR count). The smallest absolute Gasteiger partial charge is 0.462 e. The molecular formula is C44H73O11P. The van der Waals surface area contributed by atoms with E-state index in [1.807, 2.05) is 6.08 Å². The minimum Gasteiger partial charge on any atom is -0.462 e. The number of hydrogen-bond acceptors (Lipinski definition) is 10. The van der Waals surface area contributed by atoms with Gasteiger partial charge in [-0.1, -0.05) is 112 Å². The van der Waals surface area contributed by atoms with Gasteiger partial charge in [-0.05, 0) is 89.9 Å². The van der Waals surface area contributed by atoms with Gasteiger partial charge in [-0.3, -0.25) is 18.6 Å². The number of unbranched alkanes of at least 4 members (excludes halogenated alkanes) is 9. The maximum atomic E-state index is 12.6. The summed E-state index contributed by atoms with van der Waals surface area (Å²) in [6.45, 7) is 2.17. The summed E-state index contributed by atoms with van der Waals surface area (Å²) >= 11 is 0. The summed E-state index contributed by atoms with van der Waals surface area (Å²) in [6.07, 6.45) is 41.9. The van der Waals surface area contributed by atoms with Crippen molar-refractivity contribution in [1.29, 1.82) is 0 Å². The van der Waals surface area contributed by atoms with Crippen molar-refractivity contribution in [2.24, 2.45) is 0 Å². The average molecular weight is 809 g/mol. The summed E-state index contributed by atoms with van der Waals surface area (Å²) in [5.74, 6) is -1.05. The van der Waals surface area contributed by atoms with E-state index in [9.17, 15) is 24.2 Å². The van der Waals surface area contributed by atoms with Gasteiger partial charge in [0.05, 0.1) is 32.0 Å². The molecule has 0 amide bonds. The Bertz CT molecular complexity index is 1230. The number of allylic oxidation sites excluding steroid dienone is 10. The van der Waals surface area contributed by atoms with Gasteiger partial charge in [0.1, 0.15) is 12.7 Å². The second kappa shape index (κ2) is 35.5. The first-order chi connectivity index (χ1) is 27.2. The fourth-order valence-corrected chi connectivity index (χ4v) is 6.12. The van der Waals surface area contributed by atoms with Gasteiger partial charge in [0.15, 0.2) is 6.10 Å². The Morgan fingerprint density at radius 1 is 0.625 bits per heavy atom. The number of epoxide rings is 1. The average Bonchev–Trinajstić information content (AvgIpc) is 3.94. The molecule has 0 radical (unpaired) electrons. The molecule has 56 heavy (non-hydrogen) atoms. The van der Waals surface area contributed by atoms with Crippen molar-refractivity contribution in [3.63, 3.8) is 0 Å². The number of ether oxygens (including phenoxy) is 3. The molecule has 12 heteroatoms. The standard InChI is InChI=1S/C44H73O11P/c1-3-5-7-9-11-13-14-15-16-17-18-20-22-24-29-33-43(47)51-37-40(38-53-56(49,50)52-36-39(46)35-45)54-44(48)34-30-26-25-28-32-42-41(55-42)31-27-23-21-19-12-10-8-6-4-2/h11-13,15-16,18-20,23,25,27-28,39-42,45-46H,3-10,14,17,21-22,24,26,29-38H2,1-2H3,(H,49,50)/b13-11-,16-15-,19-12-,20-18-,27-23-,28-25-/t39-,40+,41?,42?/m0/s1. The summed E-state index contributed by atoms with van der Waals surface area (Å²) in [5, 5.41) is 18.3. The van der Waals surface area contributed by atoms with Crippen LogP contribution >= 0.6 is 7.82 Å². The maximum absolute atomic E-state index is 12.6. The lowest BCUT2D eigenvalue weighted by molar-refractivity contribution is -0.161. The Morgan fingerprint density at radius 3 is 1.66 bits per heavy atom. The highest BCUT2D eigenvalue weighted by Crippen LogP contribution is 2.43. The lowest BCUT2D eigenvalue weighted by atomic mass is 10.1. The number of carbonyl (C=O) groups excluding carboxylic acids is 2. The Kier molecular flexibility index (Phi) is 32.6. The second-order valence-corrected chi connectivity index (χ2v) is 15.5. The topological polar surface area (TPSA) is 161 Å². The molecule has 0 aliphatic carbocycles. The third-order valence-electron chi connectivity index (χ3n) is 8.74. The van der Waals surface area contributed by atoms with Crippen LogP contribution in [0.1, 0.15) is 142 Å². The number of aliphatic hydroxyl groups is 2. The van der Waals surface area contributed by atoms with E-state index < -0.39 is 51.8 Å². The number of aliphatic hydroxyl groups excluding tert-OH is 2. The number of esters is 2. The van der Waals surface area contributed by atoms with Crippen LogP contribution < -0.4 is 0 Å². The molecule has 1 aliphatic heterocycles. The van der Waals surface area contributed by atoms with Crippen LogP contribution in [0.4, 0.5) is 0 Å². The number of phosphoric acid groups is 1. The van der Waals surface area contributed by atoms with E-state index in [4.69, 9.17) is 23.8 Å². The van der Waals surface area contributed by atoms with E-state index in [1.54, 1.807) is 0 Å². The normalized spacial score (nSPS) is 18.2. The lowest BCUT2D eigenvalue weighted by Crippen LogP contribution is -2.29. The zero-order chi connectivity index (χ0) is 41.0. The van der Waals surface area contributed by atoms with E-state index in [2.05, 4.69) is 85.2 Å². The third-order valence-corrected chi connectivity index (χ3v) is 9.69. The first-order valence-corrected chi connectivity index (χ1v) is 22.5. The number of carbonyl (C=O) groups is 2. The van der Waals surface area contributed by atoms with Crippen molar-refractivity contribution in [1.82, 2.24) is 0 Å². The molecule has 0 aromatic carbocycles. The SMILES string of the molecule is CCCCC/C=C\C/C=C\C/C=C\CCCCC(=O)OC[C@H](COP(=O)(O)OC[C@@H](O)CO)OC(=O)CCC/C=C\CC1OC1C/C=C\C/C=C\CCCCC. The Hall–Kier alpha value is -2.63. The highest BCUT2D eigenvalue weighted by Gasteiger charge is 2.36. The summed E-state index contributed by atoms with van der Waals surface area (Å²) in [7, 11) is -4.65. The molecule has 1 aliphatic rings. The van der Waals surface area contributed by atoms with Crippen LogP contribution in [0.2, 0.25) is 0 Å². The molecule has 320 valence electrons. The van der Waals surface area contributed by atoms with E-state index in [0.29, 0.717) is 19.3 Å². The Labute approximate surface area is 337 Å². The highest BCUT2D eigenvalue weighted by atomic mass is 31.2. The third kappa shape index (κ3) is 32.5. The Balaban J connectivity index is 2.36. The number of rotatable bonds is 37. The molecule has 3 unspecified atom stereocenters. The highest BCUT2D eigenvalue weighted by molar-refractivity contribution is 7.47. The summed E-state index contributed by atoms with van der Waals surface area (Å²) < 4.78 is 38.4. The van der Waals surface area contributed by atoms with Crippen LogP contribution in [-0.4, -0.2) is 77.9 Å². The van der Waals surface area contributed by atoms with Crippen LogP contribution in [-0.2, 0) is 37.4 Å². The molecule has 1 heterocycles. The molecule has 1 fully saturated rings. The molecular weight excluding hydrogens is 735 g/mol. The summed E-state index contributed by atoms with van der Waals surface area (Å²) in [6, 6.07) is 0. The summed E-state index contributed by atoms with van der Waals surface area (Å²) in [5.41, 5.74) is 0.